The summed E-state index contributed by atoms with van der Waals surface area (Å²) in [6.07, 6.45) is 0. The molecule has 53 valence electrons. The molecule has 0 amide bonds. The molecule has 0 saturated carbocycles. The van der Waals surface area contributed by atoms with E-state index >= 15 is 0 Å². The standard InChI is InChI=1S/C9H11S/c1-7-3-5-9(6-4-7)8(2)10/h3-6,8,10H,1H2,2H3. The van der Waals surface area contributed by atoms with E-state index in [9.17, 15) is 0 Å². The van der Waals surface area contributed by atoms with Gasteiger partial charge in [-0.2, -0.15) is 12.6 Å². The van der Waals surface area contributed by atoms with Crippen LogP contribution in [0.15, 0.2) is 24.3 Å². The number of thiol groups is 1. The summed E-state index contributed by atoms with van der Waals surface area (Å²) in [7, 11) is 0. The molecule has 0 heterocycles. The van der Waals surface area contributed by atoms with Crippen LogP contribution in [0.1, 0.15) is 23.3 Å². The van der Waals surface area contributed by atoms with Gasteiger partial charge in [0.1, 0.15) is 0 Å². The molecular formula is C9H11S. The maximum atomic E-state index is 4.30. The topological polar surface area (TPSA) is 0 Å². The first-order chi connectivity index (χ1) is 4.70. The molecule has 0 fully saturated rings. The van der Waals surface area contributed by atoms with Crippen molar-refractivity contribution in [3.05, 3.63) is 42.3 Å². The van der Waals surface area contributed by atoms with Crippen LogP contribution >= 0.6 is 12.6 Å². The Hall–Kier alpha value is -0.430. The van der Waals surface area contributed by atoms with Gasteiger partial charge in [0.05, 0.1) is 0 Å². The van der Waals surface area contributed by atoms with Crippen molar-refractivity contribution in [2.24, 2.45) is 0 Å². The Bertz CT molecular complexity index is 198. The van der Waals surface area contributed by atoms with E-state index in [1.165, 1.54) is 5.56 Å². The van der Waals surface area contributed by atoms with Crippen molar-refractivity contribution in [2.75, 3.05) is 0 Å². The fourth-order valence-corrected chi connectivity index (χ4v) is 0.968. The molecule has 0 N–H and O–H groups in total. The summed E-state index contributed by atoms with van der Waals surface area (Å²) < 4.78 is 0. The molecule has 0 saturated heterocycles. The van der Waals surface area contributed by atoms with Crippen molar-refractivity contribution >= 4 is 12.6 Å². The van der Waals surface area contributed by atoms with Crippen LogP contribution in [0.3, 0.4) is 0 Å². The van der Waals surface area contributed by atoms with Crippen molar-refractivity contribution in [3.8, 4) is 0 Å². The van der Waals surface area contributed by atoms with Crippen molar-refractivity contribution in [1.82, 2.24) is 0 Å². The second-order valence-corrected chi connectivity index (χ2v) is 3.19. The highest BCUT2D eigenvalue weighted by Gasteiger charge is 1.96. The predicted molar refractivity (Wildman–Crippen MR) is 48.3 cm³/mol. The zero-order chi connectivity index (χ0) is 7.56. The van der Waals surface area contributed by atoms with Crippen molar-refractivity contribution in [3.63, 3.8) is 0 Å². The Balaban J connectivity index is 2.89. The van der Waals surface area contributed by atoms with E-state index in [1.807, 2.05) is 12.1 Å². The van der Waals surface area contributed by atoms with Crippen LogP contribution in [-0.2, 0) is 0 Å². The summed E-state index contributed by atoms with van der Waals surface area (Å²) >= 11 is 4.30. The van der Waals surface area contributed by atoms with Crippen LogP contribution in [0.5, 0.6) is 0 Å². The number of hydrogen-bond acceptors (Lipinski definition) is 1. The lowest BCUT2D eigenvalue weighted by Gasteiger charge is -2.02. The molecule has 0 aromatic heterocycles. The van der Waals surface area contributed by atoms with Crippen LogP contribution in [0, 0.1) is 6.92 Å². The van der Waals surface area contributed by atoms with Gasteiger partial charge < -0.3 is 0 Å². The van der Waals surface area contributed by atoms with Crippen LogP contribution in [0.25, 0.3) is 0 Å². The lowest BCUT2D eigenvalue weighted by molar-refractivity contribution is 1.11. The molecule has 0 nitrogen and oxygen atoms in total. The average Bonchev–Trinajstić information content (AvgIpc) is 1.88. The van der Waals surface area contributed by atoms with Gasteiger partial charge >= 0.3 is 0 Å². The minimum Gasteiger partial charge on any atom is -0.171 e. The van der Waals surface area contributed by atoms with Gasteiger partial charge in [-0.1, -0.05) is 24.3 Å². The molecule has 1 heteroatoms. The van der Waals surface area contributed by atoms with Gasteiger partial charge in [0.2, 0.25) is 0 Å². The molecule has 1 rings (SSSR count). The van der Waals surface area contributed by atoms with Gasteiger partial charge in [0.15, 0.2) is 0 Å². The van der Waals surface area contributed by atoms with Gasteiger partial charge in [-0.15, -0.1) is 0 Å². The summed E-state index contributed by atoms with van der Waals surface area (Å²) in [6, 6.07) is 8.12. The molecule has 0 aliphatic heterocycles. The molecule has 1 unspecified atom stereocenters. The summed E-state index contributed by atoms with van der Waals surface area (Å²) in [4.78, 5) is 0. The predicted octanol–water partition coefficient (Wildman–Crippen LogP) is 2.86. The molecule has 1 aromatic carbocycles. The fourth-order valence-electron chi connectivity index (χ4n) is 0.796. The van der Waals surface area contributed by atoms with E-state index in [1.54, 1.807) is 0 Å². The third-order valence-corrected chi connectivity index (χ3v) is 1.76. The highest BCUT2D eigenvalue weighted by molar-refractivity contribution is 7.80. The Kier molecular flexibility index (Phi) is 2.39. The SMILES string of the molecule is [CH2]c1ccc(C(C)S)cc1. The molecule has 0 aliphatic carbocycles. The molecule has 10 heavy (non-hydrogen) atoms. The molecule has 1 aromatic rings. The Labute approximate surface area is 67.7 Å². The van der Waals surface area contributed by atoms with E-state index in [-0.39, 0.29) is 0 Å². The van der Waals surface area contributed by atoms with Crippen LogP contribution < -0.4 is 0 Å². The van der Waals surface area contributed by atoms with Crippen LogP contribution in [0.2, 0.25) is 0 Å². The Morgan fingerprint density at radius 3 is 2.20 bits per heavy atom. The smallest absolute Gasteiger partial charge is 0.0238 e. The highest BCUT2D eigenvalue weighted by atomic mass is 32.1. The number of rotatable bonds is 1. The summed E-state index contributed by atoms with van der Waals surface area (Å²) in [5.41, 5.74) is 2.30. The zero-order valence-electron chi connectivity index (χ0n) is 6.04. The molecule has 1 atom stereocenters. The summed E-state index contributed by atoms with van der Waals surface area (Å²) in [5, 5.41) is 0.320. The van der Waals surface area contributed by atoms with E-state index in [0.29, 0.717) is 5.25 Å². The average molecular weight is 151 g/mol. The normalized spacial score (nSPS) is 13.1. The van der Waals surface area contributed by atoms with Crippen molar-refractivity contribution < 1.29 is 0 Å². The van der Waals surface area contributed by atoms with Gasteiger partial charge in [-0.3, -0.25) is 0 Å². The van der Waals surface area contributed by atoms with Gasteiger partial charge in [0.25, 0.3) is 0 Å². The van der Waals surface area contributed by atoms with E-state index in [2.05, 4.69) is 38.6 Å². The first-order valence-corrected chi connectivity index (χ1v) is 3.82. The molecular weight excluding hydrogens is 140 g/mol. The van der Waals surface area contributed by atoms with Gasteiger partial charge in [-0.05, 0) is 25.0 Å². The Morgan fingerprint density at radius 2 is 1.80 bits per heavy atom. The maximum Gasteiger partial charge on any atom is 0.0238 e. The minimum atomic E-state index is 0.320. The maximum absolute atomic E-state index is 4.30. The summed E-state index contributed by atoms with van der Waals surface area (Å²) in [5.74, 6) is 0. The van der Waals surface area contributed by atoms with Crippen LogP contribution in [0.4, 0.5) is 0 Å². The van der Waals surface area contributed by atoms with Crippen molar-refractivity contribution in [2.45, 2.75) is 12.2 Å². The van der Waals surface area contributed by atoms with E-state index < -0.39 is 0 Å². The third kappa shape index (κ3) is 1.77. The second-order valence-electron chi connectivity index (χ2n) is 2.42. The lowest BCUT2D eigenvalue weighted by Crippen LogP contribution is -1.82. The summed E-state index contributed by atoms with van der Waals surface area (Å²) in [6.45, 7) is 5.85. The third-order valence-electron chi connectivity index (χ3n) is 1.46. The fraction of sp³-hybridized carbons (Fsp3) is 0.222. The molecule has 0 bridgehead atoms. The molecule has 0 spiro atoms. The first-order valence-electron chi connectivity index (χ1n) is 3.30. The Morgan fingerprint density at radius 1 is 1.30 bits per heavy atom. The molecule has 1 radical (unpaired) electrons. The highest BCUT2D eigenvalue weighted by Crippen LogP contribution is 2.18. The number of hydrogen-bond donors (Lipinski definition) is 1. The monoisotopic (exact) mass is 151 g/mol. The first kappa shape index (κ1) is 7.67. The minimum absolute atomic E-state index is 0.320. The molecule has 0 aliphatic rings. The van der Waals surface area contributed by atoms with Gasteiger partial charge in [0, 0.05) is 5.25 Å². The lowest BCUT2D eigenvalue weighted by atomic mass is 10.1. The van der Waals surface area contributed by atoms with Crippen molar-refractivity contribution in [1.29, 1.82) is 0 Å². The number of benzene rings is 1. The van der Waals surface area contributed by atoms with Gasteiger partial charge in [-0.25, -0.2) is 0 Å². The second kappa shape index (κ2) is 3.11. The zero-order valence-corrected chi connectivity index (χ0v) is 6.94. The quantitative estimate of drug-likeness (QED) is 0.586. The van der Waals surface area contributed by atoms with E-state index in [4.69, 9.17) is 0 Å². The van der Waals surface area contributed by atoms with E-state index in [0.717, 1.165) is 5.56 Å². The van der Waals surface area contributed by atoms with Crippen LogP contribution in [-0.4, -0.2) is 0 Å². The largest absolute Gasteiger partial charge is 0.171 e.